The van der Waals surface area contributed by atoms with E-state index in [-0.39, 0.29) is 17.9 Å². The van der Waals surface area contributed by atoms with Crippen molar-refractivity contribution in [3.8, 4) is 0 Å². The van der Waals surface area contributed by atoms with E-state index in [1.54, 1.807) is 40.7 Å². The Balaban J connectivity index is 3.21. The number of hydrogen-bond acceptors (Lipinski definition) is 6. The molecule has 0 saturated carbocycles. The number of carbonyl (C=O) groups is 2. The van der Waals surface area contributed by atoms with E-state index in [9.17, 15) is 13.8 Å². The van der Waals surface area contributed by atoms with E-state index in [0.717, 1.165) is 0 Å². The van der Waals surface area contributed by atoms with Crippen molar-refractivity contribution < 1.29 is 28.0 Å². The highest BCUT2D eigenvalue weighted by atomic mass is 32.2. The molecule has 1 aliphatic heterocycles. The van der Waals surface area contributed by atoms with E-state index < -0.39 is 45.0 Å². The molecular weight excluding hydrogens is 370 g/mol. The van der Waals surface area contributed by atoms with Gasteiger partial charge in [0.1, 0.15) is 11.3 Å². The second kappa shape index (κ2) is 8.31. The molecular formula is C19H33NO6S. The summed E-state index contributed by atoms with van der Waals surface area (Å²) in [6.45, 7) is 14.6. The van der Waals surface area contributed by atoms with E-state index in [2.05, 4.69) is 0 Å². The van der Waals surface area contributed by atoms with E-state index in [0.29, 0.717) is 0 Å². The van der Waals surface area contributed by atoms with Gasteiger partial charge < -0.3 is 14.2 Å². The first-order chi connectivity index (χ1) is 12.1. The number of amides is 1. The molecule has 8 heteroatoms. The molecule has 1 saturated heterocycles. The second-order valence-corrected chi connectivity index (χ2v) is 11.2. The highest BCUT2D eigenvalue weighted by Gasteiger charge is 2.45. The molecule has 0 aromatic rings. The summed E-state index contributed by atoms with van der Waals surface area (Å²) in [7, 11) is -0.0165. The minimum absolute atomic E-state index is 0.0370. The summed E-state index contributed by atoms with van der Waals surface area (Å²) in [5.41, 5.74) is -1.30. The third-order valence-corrected chi connectivity index (χ3v) is 5.86. The Labute approximate surface area is 164 Å². The summed E-state index contributed by atoms with van der Waals surface area (Å²) in [5.74, 6) is -0.531. The number of methoxy groups -OCH3 is 1. The van der Waals surface area contributed by atoms with Gasteiger partial charge in [0, 0.05) is 21.1 Å². The van der Waals surface area contributed by atoms with Crippen molar-refractivity contribution in [3.63, 3.8) is 0 Å². The zero-order valence-corrected chi connectivity index (χ0v) is 18.7. The van der Waals surface area contributed by atoms with Gasteiger partial charge >= 0.3 is 12.1 Å². The van der Waals surface area contributed by atoms with E-state index in [1.807, 2.05) is 20.8 Å². The highest BCUT2D eigenvalue weighted by Crippen LogP contribution is 2.31. The van der Waals surface area contributed by atoms with E-state index in [1.165, 1.54) is 12.0 Å². The van der Waals surface area contributed by atoms with Crippen LogP contribution in [0.15, 0.2) is 11.6 Å². The van der Waals surface area contributed by atoms with E-state index >= 15 is 0 Å². The molecule has 0 spiro atoms. The zero-order chi connectivity index (χ0) is 21.2. The van der Waals surface area contributed by atoms with Gasteiger partial charge in [-0.15, -0.1) is 0 Å². The fourth-order valence-electron chi connectivity index (χ4n) is 2.52. The molecule has 27 heavy (non-hydrogen) atoms. The Morgan fingerprint density at radius 2 is 1.78 bits per heavy atom. The summed E-state index contributed by atoms with van der Waals surface area (Å²) >= 11 is 0. The van der Waals surface area contributed by atoms with Crippen LogP contribution in [0, 0.1) is 0 Å². The lowest BCUT2D eigenvalue weighted by molar-refractivity contribution is -0.136. The molecule has 156 valence electrons. The van der Waals surface area contributed by atoms with Crippen molar-refractivity contribution in [3.05, 3.63) is 11.6 Å². The van der Waals surface area contributed by atoms with Gasteiger partial charge in [-0.2, -0.15) is 0 Å². The Bertz CT molecular complexity index is 627. The molecule has 1 unspecified atom stereocenters. The van der Waals surface area contributed by atoms with Gasteiger partial charge in [0.05, 0.1) is 25.5 Å². The van der Waals surface area contributed by atoms with Crippen LogP contribution in [0.1, 0.15) is 55.4 Å². The SMILES string of the molecule is COC(=O)/C(=C\[C@H]1COC(C)(C)N1C(=O)OC(C)(C)C)CS(=O)C(C)(C)C. The molecule has 0 aliphatic carbocycles. The van der Waals surface area contributed by atoms with Crippen molar-refractivity contribution in [1.82, 2.24) is 4.90 Å². The topological polar surface area (TPSA) is 82.1 Å². The van der Waals surface area contributed by atoms with Crippen LogP contribution in [0.3, 0.4) is 0 Å². The standard InChI is InChI=1S/C19H33NO6S/c1-17(2,3)26-16(22)20-14(11-25-19(20,7)8)10-13(15(21)24-9)12-27(23)18(4,5)6/h10,14H,11-12H2,1-9H3/b13-10-/t14-,27?/m0/s1. The van der Waals surface area contributed by atoms with Crippen LogP contribution >= 0.6 is 0 Å². The van der Waals surface area contributed by atoms with Gasteiger partial charge in [0.25, 0.3) is 0 Å². The summed E-state index contributed by atoms with van der Waals surface area (Å²) in [6, 6.07) is -0.527. The lowest BCUT2D eigenvalue weighted by Gasteiger charge is -2.34. The molecule has 0 radical (unpaired) electrons. The number of hydrogen-bond donors (Lipinski definition) is 0. The average Bonchev–Trinajstić information content (AvgIpc) is 2.77. The molecule has 1 fully saturated rings. The van der Waals surface area contributed by atoms with Gasteiger partial charge in [0.15, 0.2) is 0 Å². The minimum Gasteiger partial charge on any atom is -0.466 e. The third-order valence-electron chi connectivity index (χ3n) is 3.92. The number of rotatable bonds is 4. The molecule has 2 atom stereocenters. The van der Waals surface area contributed by atoms with Crippen molar-refractivity contribution in [1.29, 1.82) is 0 Å². The van der Waals surface area contributed by atoms with Crippen molar-refractivity contribution in [2.24, 2.45) is 0 Å². The monoisotopic (exact) mass is 403 g/mol. The fourth-order valence-corrected chi connectivity index (χ4v) is 3.45. The first-order valence-corrected chi connectivity index (χ1v) is 10.2. The number of esters is 1. The summed E-state index contributed by atoms with van der Waals surface area (Å²) in [6.07, 6.45) is 1.07. The van der Waals surface area contributed by atoms with Crippen molar-refractivity contribution >= 4 is 22.9 Å². The van der Waals surface area contributed by atoms with Crippen LogP contribution < -0.4 is 0 Å². The van der Waals surface area contributed by atoms with Crippen molar-refractivity contribution in [2.75, 3.05) is 19.5 Å². The highest BCUT2D eigenvalue weighted by molar-refractivity contribution is 7.86. The van der Waals surface area contributed by atoms with E-state index in [4.69, 9.17) is 14.2 Å². The summed E-state index contributed by atoms with van der Waals surface area (Å²) < 4.78 is 28.1. The molecule has 1 aliphatic rings. The predicted octanol–water partition coefficient (Wildman–Crippen LogP) is 3.01. The van der Waals surface area contributed by atoms with Gasteiger partial charge in [-0.1, -0.05) is 0 Å². The van der Waals surface area contributed by atoms with Gasteiger partial charge in [-0.3, -0.25) is 9.11 Å². The van der Waals surface area contributed by atoms with Crippen LogP contribution in [0.5, 0.6) is 0 Å². The molecule has 1 heterocycles. The molecule has 0 bridgehead atoms. The quantitative estimate of drug-likeness (QED) is 0.530. The van der Waals surface area contributed by atoms with Crippen LogP contribution in [-0.2, 0) is 29.8 Å². The van der Waals surface area contributed by atoms with Crippen molar-refractivity contribution in [2.45, 2.75) is 77.5 Å². The maximum atomic E-state index is 12.7. The Hall–Kier alpha value is -1.41. The lowest BCUT2D eigenvalue weighted by Crippen LogP contribution is -2.49. The lowest BCUT2D eigenvalue weighted by atomic mass is 10.1. The third kappa shape index (κ3) is 6.60. The van der Waals surface area contributed by atoms with Crippen LogP contribution in [0.4, 0.5) is 4.79 Å². The van der Waals surface area contributed by atoms with Gasteiger partial charge in [-0.25, -0.2) is 9.59 Å². The van der Waals surface area contributed by atoms with Gasteiger partial charge in [-0.05, 0) is 61.5 Å². The molecule has 0 N–H and O–H groups in total. The number of carbonyl (C=O) groups excluding carboxylic acids is 2. The van der Waals surface area contributed by atoms with Crippen LogP contribution in [0.2, 0.25) is 0 Å². The first-order valence-electron chi connectivity index (χ1n) is 8.92. The molecule has 0 aromatic heterocycles. The predicted molar refractivity (Wildman–Crippen MR) is 105 cm³/mol. The molecule has 7 nitrogen and oxygen atoms in total. The minimum atomic E-state index is -1.29. The Morgan fingerprint density at radius 1 is 1.22 bits per heavy atom. The molecule has 1 rings (SSSR count). The number of nitrogens with zero attached hydrogens (tertiary/aromatic N) is 1. The van der Waals surface area contributed by atoms with Gasteiger partial charge in [0.2, 0.25) is 0 Å². The average molecular weight is 404 g/mol. The maximum Gasteiger partial charge on any atom is 0.413 e. The normalized spacial score (nSPS) is 21.7. The smallest absolute Gasteiger partial charge is 0.413 e. The first kappa shape index (κ1) is 23.6. The Kier molecular flexibility index (Phi) is 7.27. The maximum absolute atomic E-state index is 12.7. The summed E-state index contributed by atoms with van der Waals surface area (Å²) in [5, 5.41) is 0. The fraction of sp³-hybridized carbons (Fsp3) is 0.789. The summed E-state index contributed by atoms with van der Waals surface area (Å²) in [4.78, 5) is 26.4. The largest absolute Gasteiger partial charge is 0.466 e. The number of ether oxygens (including phenoxy) is 3. The van der Waals surface area contributed by atoms with Crippen LogP contribution in [-0.4, -0.2) is 62.8 Å². The zero-order valence-electron chi connectivity index (χ0n) is 17.9. The second-order valence-electron chi connectivity index (χ2n) is 8.96. The molecule has 0 aromatic carbocycles. The van der Waals surface area contributed by atoms with Crippen LogP contribution in [0.25, 0.3) is 0 Å². The molecule has 1 amide bonds. The Morgan fingerprint density at radius 3 is 2.22 bits per heavy atom.